The maximum absolute atomic E-state index is 5.93. The Labute approximate surface area is 126 Å². The zero-order valence-electron chi connectivity index (χ0n) is 11.7. The summed E-state index contributed by atoms with van der Waals surface area (Å²) < 4.78 is 1.83. The largest absolute Gasteiger partial charge is 0.370 e. The van der Waals surface area contributed by atoms with Crippen molar-refractivity contribution in [1.29, 1.82) is 0 Å². The van der Waals surface area contributed by atoms with Crippen LogP contribution in [0.4, 0.5) is 0 Å². The number of guanidine groups is 1. The summed E-state index contributed by atoms with van der Waals surface area (Å²) in [7, 11) is 1.93. The third-order valence-electron chi connectivity index (χ3n) is 2.83. The van der Waals surface area contributed by atoms with Gasteiger partial charge in [-0.15, -0.1) is 24.0 Å². The summed E-state index contributed by atoms with van der Waals surface area (Å²) in [5, 5.41) is 4.39. The molecule has 2 N–H and O–H groups in total. The first kappa shape index (κ1) is 17.2. The van der Waals surface area contributed by atoms with Crippen molar-refractivity contribution in [3.63, 3.8) is 0 Å². The Morgan fingerprint density at radius 2 is 2.00 bits per heavy atom. The Hall–Kier alpha value is -0.790. The van der Waals surface area contributed by atoms with E-state index in [0.29, 0.717) is 12.5 Å². The minimum atomic E-state index is 0. The molecule has 0 bridgehead atoms. The van der Waals surface area contributed by atoms with Crippen LogP contribution in [0.5, 0.6) is 0 Å². The number of rotatable bonds is 5. The molecule has 0 fully saturated rings. The van der Waals surface area contributed by atoms with Gasteiger partial charge in [0.25, 0.3) is 0 Å². The third-order valence-corrected chi connectivity index (χ3v) is 2.83. The molecule has 0 aliphatic carbocycles. The van der Waals surface area contributed by atoms with E-state index in [9.17, 15) is 0 Å². The number of halogens is 1. The van der Waals surface area contributed by atoms with E-state index in [1.54, 1.807) is 0 Å². The van der Waals surface area contributed by atoms with E-state index in [2.05, 4.69) is 30.9 Å². The van der Waals surface area contributed by atoms with Gasteiger partial charge in [-0.1, -0.05) is 6.92 Å². The van der Waals surface area contributed by atoms with E-state index in [1.807, 2.05) is 22.8 Å². The lowest BCUT2D eigenvalue weighted by atomic mass is 10.2. The number of hydrogen-bond donors (Lipinski definition) is 1. The smallest absolute Gasteiger partial charge is 0.191 e. The van der Waals surface area contributed by atoms with Crippen LogP contribution in [0, 0.1) is 0 Å². The summed E-state index contributed by atoms with van der Waals surface area (Å²) in [4.78, 5) is 6.47. The van der Waals surface area contributed by atoms with Crippen LogP contribution in [-0.4, -0.2) is 33.7 Å². The van der Waals surface area contributed by atoms with Crippen molar-refractivity contribution in [3.8, 4) is 0 Å². The molecule has 0 atom stereocenters. The zero-order chi connectivity index (χ0) is 12.8. The minimum absolute atomic E-state index is 0. The number of aryl methyl sites for hydroxylation is 2. The monoisotopic (exact) mass is 365 g/mol. The van der Waals surface area contributed by atoms with Gasteiger partial charge in [0, 0.05) is 31.9 Å². The van der Waals surface area contributed by atoms with Gasteiger partial charge in [0.05, 0.1) is 12.2 Å². The van der Waals surface area contributed by atoms with Gasteiger partial charge in [-0.3, -0.25) is 4.68 Å². The molecule has 6 heteroatoms. The molecule has 0 aliphatic heterocycles. The predicted octanol–water partition coefficient (Wildman–Crippen LogP) is 1.76. The molecule has 104 valence electrons. The fraction of sp³-hybridized carbons (Fsp3) is 0.667. The Bertz CT molecular complexity index is 382. The van der Waals surface area contributed by atoms with Crippen LogP contribution in [0.3, 0.4) is 0 Å². The number of aromatic nitrogens is 2. The predicted molar refractivity (Wildman–Crippen MR) is 86.2 cm³/mol. The van der Waals surface area contributed by atoms with Crippen molar-refractivity contribution in [2.45, 2.75) is 33.7 Å². The van der Waals surface area contributed by atoms with Gasteiger partial charge in [-0.25, -0.2) is 4.99 Å². The van der Waals surface area contributed by atoms with Gasteiger partial charge in [0.1, 0.15) is 0 Å². The van der Waals surface area contributed by atoms with Gasteiger partial charge < -0.3 is 10.6 Å². The molecular weight excluding hydrogens is 341 g/mol. The number of nitrogens with two attached hydrogens (primary N) is 1. The first-order valence-corrected chi connectivity index (χ1v) is 6.18. The van der Waals surface area contributed by atoms with Crippen molar-refractivity contribution in [2.75, 3.05) is 13.1 Å². The molecule has 0 radical (unpaired) electrons. The lowest BCUT2D eigenvalue weighted by molar-refractivity contribution is 0.458. The van der Waals surface area contributed by atoms with Crippen LogP contribution in [0.1, 0.15) is 32.0 Å². The topological polar surface area (TPSA) is 59.4 Å². The van der Waals surface area contributed by atoms with E-state index in [0.717, 1.165) is 30.8 Å². The second-order valence-corrected chi connectivity index (χ2v) is 3.97. The summed E-state index contributed by atoms with van der Waals surface area (Å²) >= 11 is 0. The minimum Gasteiger partial charge on any atom is -0.370 e. The number of hydrogen-bond acceptors (Lipinski definition) is 2. The molecule has 0 spiro atoms. The van der Waals surface area contributed by atoms with Crippen molar-refractivity contribution in [3.05, 3.63) is 17.5 Å². The van der Waals surface area contributed by atoms with Crippen LogP contribution in [0.2, 0.25) is 0 Å². The highest BCUT2D eigenvalue weighted by Gasteiger charge is 2.06. The Balaban J connectivity index is 0.00000289. The second-order valence-electron chi connectivity index (χ2n) is 3.97. The lowest BCUT2D eigenvalue weighted by Gasteiger charge is -2.19. The molecular formula is C12H24IN5. The van der Waals surface area contributed by atoms with Crippen LogP contribution in [0.15, 0.2) is 11.2 Å². The van der Waals surface area contributed by atoms with Crippen molar-refractivity contribution in [2.24, 2.45) is 17.8 Å². The molecule has 5 nitrogen and oxygen atoms in total. The molecule has 0 saturated heterocycles. The molecule has 0 saturated carbocycles. The van der Waals surface area contributed by atoms with Gasteiger partial charge in [0.2, 0.25) is 0 Å². The highest BCUT2D eigenvalue weighted by Crippen LogP contribution is 2.08. The maximum Gasteiger partial charge on any atom is 0.191 e. The molecule has 0 aromatic carbocycles. The van der Waals surface area contributed by atoms with Crippen LogP contribution >= 0.6 is 24.0 Å². The Morgan fingerprint density at radius 1 is 1.39 bits per heavy atom. The van der Waals surface area contributed by atoms with E-state index in [1.165, 1.54) is 0 Å². The summed E-state index contributed by atoms with van der Waals surface area (Å²) in [6.07, 6.45) is 2.94. The number of nitrogens with zero attached hydrogens (tertiary/aromatic N) is 4. The molecule has 0 unspecified atom stereocenters. The van der Waals surface area contributed by atoms with Gasteiger partial charge >= 0.3 is 0 Å². The van der Waals surface area contributed by atoms with E-state index >= 15 is 0 Å². The second kappa shape index (κ2) is 8.34. The first-order chi connectivity index (χ1) is 8.12. The van der Waals surface area contributed by atoms with Crippen molar-refractivity contribution >= 4 is 29.9 Å². The Kier molecular flexibility index (Phi) is 7.97. The van der Waals surface area contributed by atoms with Crippen LogP contribution in [0.25, 0.3) is 0 Å². The maximum atomic E-state index is 5.93. The van der Waals surface area contributed by atoms with Crippen LogP contribution < -0.4 is 5.73 Å². The normalized spacial score (nSPS) is 11.2. The molecule has 1 rings (SSSR count). The highest BCUT2D eigenvalue weighted by molar-refractivity contribution is 14.0. The zero-order valence-corrected chi connectivity index (χ0v) is 14.0. The molecule has 0 amide bonds. The van der Waals surface area contributed by atoms with E-state index < -0.39 is 0 Å². The van der Waals surface area contributed by atoms with Crippen molar-refractivity contribution in [1.82, 2.24) is 14.7 Å². The quantitative estimate of drug-likeness (QED) is 0.492. The Morgan fingerprint density at radius 3 is 2.50 bits per heavy atom. The molecule has 1 heterocycles. The fourth-order valence-electron chi connectivity index (χ4n) is 1.83. The SMILES string of the molecule is CCc1nn(C)cc1CN=C(N)N(CC)CC.I. The number of aliphatic imine (C=N–C) groups is 1. The summed E-state index contributed by atoms with van der Waals surface area (Å²) in [5.41, 5.74) is 8.19. The van der Waals surface area contributed by atoms with Crippen LogP contribution in [-0.2, 0) is 20.0 Å². The highest BCUT2D eigenvalue weighted by atomic mass is 127. The molecule has 18 heavy (non-hydrogen) atoms. The molecule has 1 aromatic heterocycles. The summed E-state index contributed by atoms with van der Waals surface area (Å²) in [6, 6.07) is 0. The van der Waals surface area contributed by atoms with Crippen molar-refractivity contribution < 1.29 is 0 Å². The van der Waals surface area contributed by atoms with Gasteiger partial charge in [0.15, 0.2) is 5.96 Å². The average Bonchev–Trinajstić information content (AvgIpc) is 2.68. The molecule has 1 aromatic rings. The first-order valence-electron chi connectivity index (χ1n) is 6.18. The van der Waals surface area contributed by atoms with Gasteiger partial charge in [-0.05, 0) is 20.3 Å². The summed E-state index contributed by atoms with van der Waals surface area (Å²) in [5.74, 6) is 0.612. The van der Waals surface area contributed by atoms with Gasteiger partial charge in [-0.2, -0.15) is 5.10 Å². The van der Waals surface area contributed by atoms with E-state index in [4.69, 9.17) is 5.73 Å². The lowest BCUT2D eigenvalue weighted by Crippen LogP contribution is -2.37. The summed E-state index contributed by atoms with van der Waals surface area (Å²) in [6.45, 7) is 8.64. The fourth-order valence-corrected chi connectivity index (χ4v) is 1.83. The average molecular weight is 365 g/mol. The standard InChI is InChI=1S/C12H23N5.HI/c1-5-11-10(9-16(4)15-11)8-14-12(13)17(6-2)7-3;/h9H,5-8H2,1-4H3,(H2,13,14);1H. The van der Waals surface area contributed by atoms with E-state index in [-0.39, 0.29) is 24.0 Å². The third kappa shape index (κ3) is 4.47. The molecule has 0 aliphatic rings.